The molecule has 0 saturated carbocycles. The molecule has 2 unspecified atom stereocenters. The molecule has 0 amide bonds. The first-order valence-corrected chi connectivity index (χ1v) is 6.27. The number of rotatable bonds is 3. The summed E-state index contributed by atoms with van der Waals surface area (Å²) in [6.45, 7) is 0. The van der Waals surface area contributed by atoms with Crippen LogP contribution in [0.5, 0.6) is 0 Å². The summed E-state index contributed by atoms with van der Waals surface area (Å²) in [5.41, 5.74) is 1.13. The summed E-state index contributed by atoms with van der Waals surface area (Å²) in [7, 11) is 1.83. The maximum absolute atomic E-state index is 10.9. The highest BCUT2D eigenvalue weighted by Crippen LogP contribution is 2.39. The van der Waals surface area contributed by atoms with E-state index in [0.29, 0.717) is 6.42 Å². The van der Waals surface area contributed by atoms with Crippen molar-refractivity contribution in [2.45, 2.75) is 18.7 Å². The minimum Gasteiger partial charge on any atom is -0.358 e. The van der Waals surface area contributed by atoms with Crippen molar-refractivity contribution in [2.75, 3.05) is 7.05 Å². The highest BCUT2D eigenvalue weighted by Gasteiger charge is 2.37. The van der Waals surface area contributed by atoms with Gasteiger partial charge in [0.15, 0.2) is 6.33 Å². The Balaban J connectivity index is 1.85. The van der Waals surface area contributed by atoms with Gasteiger partial charge in [0.1, 0.15) is 6.20 Å². The highest BCUT2D eigenvalue weighted by molar-refractivity contribution is 5.20. The molecule has 0 radical (unpaired) electrons. The summed E-state index contributed by atoms with van der Waals surface area (Å²) in [6, 6.07) is 10.0. The first kappa shape index (κ1) is 12.8. The molecule has 3 rings (SSSR count). The molecule has 0 spiro atoms. The molecule has 104 valence electrons. The normalized spacial score (nSPS) is 23.1. The molecule has 7 heteroatoms. The summed E-state index contributed by atoms with van der Waals surface area (Å²) in [4.78, 5) is 20.0. The van der Waals surface area contributed by atoms with Crippen molar-refractivity contribution in [1.29, 1.82) is 0 Å². The van der Waals surface area contributed by atoms with Crippen LogP contribution in [0, 0.1) is 10.1 Å². The Morgan fingerprint density at radius 3 is 2.85 bits per heavy atom. The largest absolute Gasteiger partial charge is 0.358 e. The molecular formula is C13H14N4O3. The molecule has 7 nitrogen and oxygen atoms in total. The van der Waals surface area contributed by atoms with Crippen LogP contribution in [-0.2, 0) is 4.84 Å². The quantitative estimate of drug-likeness (QED) is 0.634. The molecule has 1 fully saturated rings. The van der Waals surface area contributed by atoms with Gasteiger partial charge in [-0.2, -0.15) is 9.63 Å². The Kier molecular flexibility index (Phi) is 3.21. The number of aromatic nitrogens is 2. The zero-order valence-corrected chi connectivity index (χ0v) is 10.9. The second-order valence-corrected chi connectivity index (χ2v) is 4.68. The van der Waals surface area contributed by atoms with E-state index in [0.717, 1.165) is 5.56 Å². The lowest BCUT2D eigenvalue weighted by atomic mass is 10.0. The Hall–Kier alpha value is -2.25. The van der Waals surface area contributed by atoms with E-state index in [-0.39, 0.29) is 11.9 Å². The number of nitro groups is 1. The molecule has 1 aromatic carbocycles. The van der Waals surface area contributed by atoms with E-state index in [1.807, 2.05) is 37.4 Å². The van der Waals surface area contributed by atoms with E-state index in [1.165, 1.54) is 17.1 Å². The van der Waals surface area contributed by atoms with Crippen molar-refractivity contribution in [3.63, 3.8) is 0 Å². The predicted octanol–water partition coefficient (Wildman–Crippen LogP) is 2.30. The van der Waals surface area contributed by atoms with Crippen LogP contribution >= 0.6 is 0 Å². The van der Waals surface area contributed by atoms with Gasteiger partial charge in [0.2, 0.25) is 6.23 Å². The van der Waals surface area contributed by atoms with Gasteiger partial charge in [-0.15, -0.1) is 0 Å². The maximum atomic E-state index is 10.9. The van der Waals surface area contributed by atoms with Gasteiger partial charge in [0.05, 0.1) is 6.04 Å². The number of hydroxylamine groups is 2. The van der Waals surface area contributed by atoms with Gasteiger partial charge in [0, 0.05) is 13.5 Å². The lowest BCUT2D eigenvalue weighted by Crippen LogP contribution is -2.17. The van der Waals surface area contributed by atoms with E-state index in [4.69, 9.17) is 4.84 Å². The van der Waals surface area contributed by atoms with E-state index in [2.05, 4.69) is 4.98 Å². The Morgan fingerprint density at radius 1 is 1.40 bits per heavy atom. The standard InChI is InChI=1S/C13H14N4O3/c1-15-11(10-5-3-2-4-6-10)7-13(20-15)16-9-14-8-12(16)17(18)19/h2-6,8-9,11,13H,7H2,1H3. The molecule has 1 aliphatic heterocycles. The van der Waals surface area contributed by atoms with Crippen LogP contribution in [0.3, 0.4) is 0 Å². The molecule has 1 aromatic heterocycles. The predicted molar refractivity (Wildman–Crippen MR) is 70.6 cm³/mol. The van der Waals surface area contributed by atoms with E-state index >= 15 is 0 Å². The molecule has 1 aliphatic rings. The lowest BCUT2D eigenvalue weighted by molar-refractivity contribution is -0.394. The second-order valence-electron chi connectivity index (χ2n) is 4.68. The first-order chi connectivity index (χ1) is 9.66. The molecular weight excluding hydrogens is 260 g/mol. The lowest BCUT2D eigenvalue weighted by Gasteiger charge is -2.16. The number of hydrogen-bond donors (Lipinski definition) is 0. The monoisotopic (exact) mass is 274 g/mol. The van der Waals surface area contributed by atoms with E-state index < -0.39 is 11.2 Å². The molecule has 2 heterocycles. The fourth-order valence-corrected chi connectivity index (χ4v) is 2.49. The molecule has 1 saturated heterocycles. The molecule has 2 aromatic rings. The van der Waals surface area contributed by atoms with Crippen LogP contribution in [0.15, 0.2) is 42.9 Å². The zero-order chi connectivity index (χ0) is 14.1. The van der Waals surface area contributed by atoms with Gasteiger partial charge in [-0.1, -0.05) is 30.3 Å². The van der Waals surface area contributed by atoms with Crippen LogP contribution in [-0.4, -0.2) is 26.6 Å². The van der Waals surface area contributed by atoms with Crippen molar-refractivity contribution in [3.05, 3.63) is 58.5 Å². The number of nitrogens with zero attached hydrogens (tertiary/aromatic N) is 4. The molecule has 20 heavy (non-hydrogen) atoms. The molecule has 0 N–H and O–H groups in total. The van der Waals surface area contributed by atoms with Gasteiger partial charge < -0.3 is 10.1 Å². The van der Waals surface area contributed by atoms with Crippen LogP contribution in [0.25, 0.3) is 0 Å². The first-order valence-electron chi connectivity index (χ1n) is 6.27. The van der Waals surface area contributed by atoms with Crippen molar-refractivity contribution in [1.82, 2.24) is 14.6 Å². The van der Waals surface area contributed by atoms with Gasteiger partial charge >= 0.3 is 5.82 Å². The minimum absolute atomic E-state index is 0.0582. The van der Waals surface area contributed by atoms with Crippen LogP contribution < -0.4 is 0 Å². The molecule has 2 atom stereocenters. The van der Waals surface area contributed by atoms with Gasteiger partial charge in [0.25, 0.3) is 0 Å². The SMILES string of the molecule is CN1OC(n2cncc2[N+](=O)[O-])CC1c1ccccc1. The van der Waals surface area contributed by atoms with Crippen LogP contribution in [0.1, 0.15) is 24.3 Å². The Labute approximate surface area is 115 Å². The average Bonchev–Trinajstić information content (AvgIpc) is 3.05. The number of hydrogen-bond acceptors (Lipinski definition) is 5. The summed E-state index contributed by atoms with van der Waals surface area (Å²) in [6.07, 6.45) is 2.90. The van der Waals surface area contributed by atoms with Crippen LogP contribution in [0.4, 0.5) is 5.82 Å². The minimum atomic E-state index is -0.452. The summed E-state index contributed by atoms with van der Waals surface area (Å²) < 4.78 is 1.46. The molecule has 0 bridgehead atoms. The van der Waals surface area contributed by atoms with E-state index in [1.54, 1.807) is 5.06 Å². The number of benzene rings is 1. The third-order valence-corrected chi connectivity index (χ3v) is 3.48. The van der Waals surface area contributed by atoms with Gasteiger partial charge in [-0.3, -0.25) is 4.84 Å². The van der Waals surface area contributed by atoms with E-state index in [9.17, 15) is 10.1 Å². The van der Waals surface area contributed by atoms with Crippen molar-refractivity contribution >= 4 is 5.82 Å². The van der Waals surface area contributed by atoms with Crippen molar-refractivity contribution in [3.8, 4) is 0 Å². The summed E-state index contributed by atoms with van der Waals surface area (Å²) in [5.74, 6) is -0.0582. The third kappa shape index (κ3) is 2.17. The van der Waals surface area contributed by atoms with Crippen LogP contribution in [0.2, 0.25) is 0 Å². The summed E-state index contributed by atoms with van der Waals surface area (Å²) in [5, 5.41) is 12.7. The zero-order valence-electron chi connectivity index (χ0n) is 10.9. The van der Waals surface area contributed by atoms with Gasteiger partial charge in [-0.05, 0) is 10.5 Å². The third-order valence-electron chi connectivity index (χ3n) is 3.48. The topological polar surface area (TPSA) is 73.4 Å². The molecule has 0 aliphatic carbocycles. The smallest absolute Gasteiger partial charge is 0.344 e. The summed E-state index contributed by atoms with van der Waals surface area (Å²) >= 11 is 0. The Morgan fingerprint density at radius 2 is 2.15 bits per heavy atom. The second kappa shape index (κ2) is 5.03. The fraction of sp³-hybridized carbons (Fsp3) is 0.308. The maximum Gasteiger partial charge on any atom is 0.344 e. The van der Waals surface area contributed by atoms with Crippen molar-refractivity contribution in [2.24, 2.45) is 0 Å². The average molecular weight is 274 g/mol. The highest BCUT2D eigenvalue weighted by atomic mass is 16.7. The number of imidazole rings is 1. The fourth-order valence-electron chi connectivity index (χ4n) is 2.49. The van der Waals surface area contributed by atoms with Gasteiger partial charge in [-0.25, -0.2) is 4.98 Å². The van der Waals surface area contributed by atoms with Crippen molar-refractivity contribution < 1.29 is 9.76 Å². The Bertz CT molecular complexity index is 613.